The lowest BCUT2D eigenvalue weighted by Gasteiger charge is -2.13. The largest absolute Gasteiger partial charge is 0.497 e. The van der Waals surface area contributed by atoms with Gasteiger partial charge in [0.2, 0.25) is 5.95 Å². The van der Waals surface area contributed by atoms with Gasteiger partial charge in [-0.1, -0.05) is 23.2 Å². The quantitative estimate of drug-likeness (QED) is 0.393. The normalized spacial score (nSPS) is 10.9. The van der Waals surface area contributed by atoms with Crippen LogP contribution in [0.2, 0.25) is 10.0 Å². The number of nitrogens with one attached hydrogen (secondary N) is 1. The first-order valence-electron chi connectivity index (χ1n) is 8.98. The molecule has 29 heavy (non-hydrogen) atoms. The van der Waals surface area contributed by atoms with E-state index in [2.05, 4.69) is 10.3 Å². The SMILES string of the molecule is COC(=O)c1ccc(Cl)c2nc(Nc3ccc(OC)cc3Cl)n(CCCCO)c12. The molecule has 2 N–H and O–H groups in total. The van der Waals surface area contributed by atoms with Crippen LogP contribution in [0.25, 0.3) is 11.0 Å². The van der Waals surface area contributed by atoms with Crippen LogP contribution in [0.3, 0.4) is 0 Å². The van der Waals surface area contributed by atoms with Crippen molar-refractivity contribution in [3.63, 3.8) is 0 Å². The van der Waals surface area contributed by atoms with E-state index in [1.165, 1.54) is 7.11 Å². The van der Waals surface area contributed by atoms with Crippen molar-refractivity contribution in [2.45, 2.75) is 19.4 Å². The van der Waals surface area contributed by atoms with Crippen LogP contribution in [0.5, 0.6) is 5.75 Å². The highest BCUT2D eigenvalue weighted by molar-refractivity contribution is 6.35. The van der Waals surface area contributed by atoms with Crippen molar-refractivity contribution in [1.82, 2.24) is 9.55 Å². The summed E-state index contributed by atoms with van der Waals surface area (Å²) >= 11 is 12.7. The molecule has 0 saturated carbocycles. The van der Waals surface area contributed by atoms with E-state index in [-0.39, 0.29) is 6.61 Å². The van der Waals surface area contributed by atoms with Crippen molar-refractivity contribution in [3.8, 4) is 5.75 Å². The number of aromatic nitrogens is 2. The fraction of sp³-hybridized carbons (Fsp3) is 0.300. The Bertz CT molecular complexity index is 1040. The molecule has 0 bridgehead atoms. The van der Waals surface area contributed by atoms with Gasteiger partial charge < -0.3 is 24.5 Å². The third-order valence-electron chi connectivity index (χ3n) is 4.46. The summed E-state index contributed by atoms with van der Waals surface area (Å²) in [5.41, 5.74) is 2.03. The topological polar surface area (TPSA) is 85.6 Å². The molecular weight excluding hydrogens is 417 g/mol. The summed E-state index contributed by atoms with van der Waals surface area (Å²) in [6, 6.07) is 8.48. The fourth-order valence-electron chi connectivity index (χ4n) is 3.02. The van der Waals surface area contributed by atoms with Gasteiger partial charge in [0.05, 0.1) is 41.0 Å². The number of imidazole rings is 1. The Kier molecular flexibility index (Phi) is 6.84. The third kappa shape index (κ3) is 4.42. The number of fused-ring (bicyclic) bond motifs is 1. The molecule has 9 heteroatoms. The van der Waals surface area contributed by atoms with Crippen LogP contribution in [-0.2, 0) is 11.3 Å². The molecule has 3 rings (SSSR count). The first kappa shape index (κ1) is 21.2. The van der Waals surface area contributed by atoms with E-state index in [9.17, 15) is 4.79 Å². The van der Waals surface area contributed by atoms with E-state index < -0.39 is 5.97 Å². The number of carbonyl (C=O) groups is 1. The molecule has 1 heterocycles. The number of aliphatic hydroxyl groups excluding tert-OH is 1. The Balaban J connectivity index is 2.13. The minimum Gasteiger partial charge on any atom is -0.497 e. The molecule has 154 valence electrons. The van der Waals surface area contributed by atoms with Gasteiger partial charge in [-0.05, 0) is 37.1 Å². The Morgan fingerprint density at radius 3 is 2.62 bits per heavy atom. The number of esters is 1. The second kappa shape index (κ2) is 9.35. The number of carbonyl (C=O) groups excluding carboxylic acids is 1. The van der Waals surface area contributed by atoms with Crippen molar-refractivity contribution in [2.75, 3.05) is 26.1 Å². The van der Waals surface area contributed by atoms with E-state index in [1.807, 2.05) is 4.57 Å². The molecule has 0 radical (unpaired) electrons. The zero-order chi connectivity index (χ0) is 21.0. The second-order valence-electron chi connectivity index (χ2n) is 6.27. The number of halogens is 2. The number of methoxy groups -OCH3 is 2. The van der Waals surface area contributed by atoms with Crippen molar-refractivity contribution in [2.24, 2.45) is 0 Å². The van der Waals surface area contributed by atoms with Gasteiger partial charge in [-0.2, -0.15) is 0 Å². The van der Waals surface area contributed by atoms with Crippen molar-refractivity contribution in [1.29, 1.82) is 0 Å². The molecule has 0 saturated heterocycles. The van der Waals surface area contributed by atoms with Gasteiger partial charge in [0, 0.05) is 19.2 Å². The van der Waals surface area contributed by atoms with Crippen LogP contribution in [0, 0.1) is 0 Å². The monoisotopic (exact) mass is 437 g/mol. The third-order valence-corrected chi connectivity index (χ3v) is 5.08. The second-order valence-corrected chi connectivity index (χ2v) is 7.09. The highest BCUT2D eigenvalue weighted by Crippen LogP contribution is 2.34. The maximum absolute atomic E-state index is 12.3. The molecule has 3 aromatic rings. The molecule has 0 atom stereocenters. The number of aliphatic hydroxyl groups is 1. The molecule has 2 aromatic carbocycles. The van der Waals surface area contributed by atoms with Crippen molar-refractivity contribution >= 4 is 51.8 Å². The Morgan fingerprint density at radius 1 is 1.17 bits per heavy atom. The number of ether oxygens (including phenoxy) is 2. The van der Waals surface area contributed by atoms with Gasteiger partial charge in [-0.3, -0.25) is 0 Å². The van der Waals surface area contributed by atoms with E-state index in [4.69, 9.17) is 37.8 Å². The average molecular weight is 438 g/mol. The van der Waals surface area contributed by atoms with Gasteiger partial charge in [-0.25, -0.2) is 9.78 Å². The zero-order valence-corrected chi connectivity index (χ0v) is 17.5. The minimum atomic E-state index is -0.482. The predicted molar refractivity (Wildman–Crippen MR) is 114 cm³/mol. The zero-order valence-electron chi connectivity index (χ0n) is 16.0. The van der Waals surface area contributed by atoms with Gasteiger partial charge in [0.1, 0.15) is 11.3 Å². The van der Waals surface area contributed by atoms with Crippen LogP contribution in [0.15, 0.2) is 30.3 Å². The van der Waals surface area contributed by atoms with Crippen LogP contribution in [-0.4, -0.2) is 41.5 Å². The summed E-state index contributed by atoms with van der Waals surface area (Å²) in [5.74, 6) is 0.625. The lowest BCUT2D eigenvalue weighted by atomic mass is 10.1. The first-order chi connectivity index (χ1) is 14.0. The summed E-state index contributed by atoms with van der Waals surface area (Å²) in [7, 11) is 2.89. The standard InChI is InChI=1S/C20H21Cl2N3O4/c1-28-12-5-8-16(15(22)11-12)23-20-24-17-14(21)7-6-13(19(27)29-2)18(17)25(20)9-3-4-10-26/h5-8,11,26H,3-4,9-10H2,1-2H3,(H,23,24). The van der Waals surface area contributed by atoms with E-state index in [1.54, 1.807) is 37.4 Å². The molecule has 0 unspecified atom stereocenters. The van der Waals surface area contributed by atoms with E-state index >= 15 is 0 Å². The predicted octanol–water partition coefficient (Wildman–Crippen LogP) is 4.65. The number of nitrogens with zero attached hydrogens (tertiary/aromatic N) is 2. The summed E-state index contributed by atoms with van der Waals surface area (Å²) in [6.45, 7) is 0.585. The number of benzene rings is 2. The Labute approximate surface area is 178 Å². The minimum absolute atomic E-state index is 0.0737. The summed E-state index contributed by atoms with van der Waals surface area (Å²) in [5, 5.41) is 13.2. The Morgan fingerprint density at radius 2 is 1.97 bits per heavy atom. The molecule has 1 aromatic heterocycles. The van der Waals surface area contributed by atoms with Gasteiger partial charge >= 0.3 is 5.97 Å². The maximum atomic E-state index is 12.3. The maximum Gasteiger partial charge on any atom is 0.340 e. The number of hydrogen-bond acceptors (Lipinski definition) is 6. The Hall–Kier alpha value is -2.48. The number of rotatable bonds is 8. The highest BCUT2D eigenvalue weighted by Gasteiger charge is 2.21. The first-order valence-corrected chi connectivity index (χ1v) is 9.74. The van der Waals surface area contributed by atoms with Crippen LogP contribution in [0.4, 0.5) is 11.6 Å². The summed E-state index contributed by atoms with van der Waals surface area (Å²) in [4.78, 5) is 16.9. The number of aryl methyl sites for hydroxylation is 1. The molecule has 7 nitrogen and oxygen atoms in total. The van der Waals surface area contributed by atoms with Crippen molar-refractivity contribution < 1.29 is 19.4 Å². The molecule has 0 fully saturated rings. The number of unbranched alkanes of at least 4 members (excludes halogenated alkanes) is 1. The smallest absolute Gasteiger partial charge is 0.340 e. The van der Waals surface area contributed by atoms with Crippen LogP contribution in [0.1, 0.15) is 23.2 Å². The van der Waals surface area contributed by atoms with Gasteiger partial charge in [0.25, 0.3) is 0 Å². The molecule has 0 amide bonds. The highest BCUT2D eigenvalue weighted by atomic mass is 35.5. The number of anilines is 2. The lowest BCUT2D eigenvalue weighted by Crippen LogP contribution is -2.09. The average Bonchev–Trinajstić information content (AvgIpc) is 3.08. The molecule has 0 aliphatic heterocycles. The van der Waals surface area contributed by atoms with Crippen molar-refractivity contribution in [3.05, 3.63) is 45.9 Å². The van der Waals surface area contributed by atoms with E-state index in [0.29, 0.717) is 63.4 Å². The van der Waals surface area contributed by atoms with Gasteiger partial charge in [0.15, 0.2) is 0 Å². The molecule has 0 aliphatic carbocycles. The summed E-state index contributed by atoms with van der Waals surface area (Å²) in [6.07, 6.45) is 1.29. The van der Waals surface area contributed by atoms with Crippen LogP contribution < -0.4 is 10.1 Å². The fourth-order valence-corrected chi connectivity index (χ4v) is 3.43. The molecule has 0 spiro atoms. The lowest BCUT2D eigenvalue weighted by molar-refractivity contribution is 0.0602. The van der Waals surface area contributed by atoms with Gasteiger partial charge in [-0.15, -0.1) is 0 Å². The summed E-state index contributed by atoms with van der Waals surface area (Å²) < 4.78 is 12.0. The van der Waals surface area contributed by atoms with Crippen LogP contribution >= 0.6 is 23.2 Å². The molecular formula is C20H21Cl2N3O4. The molecule has 0 aliphatic rings. The van der Waals surface area contributed by atoms with E-state index in [0.717, 1.165) is 0 Å². The number of hydrogen-bond donors (Lipinski definition) is 2.